The number of nitrogens with zero attached hydrogens (tertiary/aromatic N) is 6. The highest BCUT2D eigenvalue weighted by atomic mass is 19.4. The van der Waals surface area contributed by atoms with Crippen molar-refractivity contribution in [3.05, 3.63) is 41.1 Å². The number of hydrogen-bond donors (Lipinski definition) is 1. The number of carbonyl (C=O) groups excluding carboxylic acids is 2. The first-order chi connectivity index (χ1) is 20.4. The Morgan fingerprint density at radius 2 is 1.95 bits per heavy atom. The molecule has 0 bridgehead atoms. The summed E-state index contributed by atoms with van der Waals surface area (Å²) in [5.41, 5.74) is 1.86. The number of amides is 2. The van der Waals surface area contributed by atoms with Gasteiger partial charge in [0.05, 0.1) is 37.3 Å². The minimum atomic E-state index is -4.61. The van der Waals surface area contributed by atoms with Gasteiger partial charge in [-0.25, -0.2) is 27.7 Å². The van der Waals surface area contributed by atoms with E-state index in [1.165, 1.54) is 17.8 Å². The molecule has 2 saturated carbocycles. The number of methoxy groups -OCH3 is 1. The molecule has 4 heterocycles. The first-order valence-electron chi connectivity index (χ1n) is 14.1. The van der Waals surface area contributed by atoms with Gasteiger partial charge >= 0.3 is 12.2 Å². The molecule has 3 atom stereocenters. The molecule has 0 radical (unpaired) electrons. The number of ketones is 1. The molecule has 16 heteroatoms. The van der Waals surface area contributed by atoms with E-state index in [1.807, 2.05) is 5.32 Å². The Morgan fingerprint density at radius 3 is 2.60 bits per heavy atom. The minimum Gasteiger partial charge on any atom is -0.382 e. The summed E-state index contributed by atoms with van der Waals surface area (Å²) in [6.07, 6.45) is -0.0417. The molecule has 1 aliphatic heterocycles. The Bertz CT molecular complexity index is 1490. The Balaban J connectivity index is 1.29. The molecule has 3 aliphatic rings. The predicted octanol–water partition coefficient (Wildman–Crippen LogP) is 4.82. The Morgan fingerprint density at radius 1 is 1.21 bits per heavy atom. The first kappa shape index (κ1) is 29.4. The topological polar surface area (TPSA) is 128 Å². The van der Waals surface area contributed by atoms with Gasteiger partial charge in [-0.1, -0.05) is 5.16 Å². The quantitative estimate of drug-likeness (QED) is 0.256. The fourth-order valence-electron chi connectivity index (χ4n) is 6.09. The first-order valence-corrected chi connectivity index (χ1v) is 14.1. The molecule has 0 spiro atoms. The highest BCUT2D eigenvalue weighted by Gasteiger charge is 2.49. The number of carbonyl (C=O) groups is 2. The molecule has 1 N–H and O–H groups in total. The molecule has 43 heavy (non-hydrogen) atoms. The SMILES string of the molecule is COC[C@H](c1cnn2cc([C@@H](CC(=O)c3nonc3C3CC3)C3CCC(F)(F)CC3)nc2c1)N1C[C@@H](C(F)(F)F)NC1=O. The van der Waals surface area contributed by atoms with Crippen molar-refractivity contribution in [2.75, 3.05) is 20.3 Å². The number of nitrogens with one attached hydrogen (secondary N) is 1. The van der Waals surface area contributed by atoms with E-state index in [1.54, 1.807) is 12.3 Å². The number of hydrogen-bond acceptors (Lipinski definition) is 8. The summed E-state index contributed by atoms with van der Waals surface area (Å²) < 4.78 is 79.5. The molecule has 232 valence electrons. The number of urea groups is 1. The van der Waals surface area contributed by atoms with Gasteiger partial charge in [0.15, 0.2) is 17.1 Å². The van der Waals surface area contributed by atoms with E-state index in [4.69, 9.17) is 14.3 Å². The summed E-state index contributed by atoms with van der Waals surface area (Å²) in [4.78, 5) is 31.6. The van der Waals surface area contributed by atoms with Crippen LogP contribution >= 0.6 is 0 Å². The molecule has 3 fully saturated rings. The molecule has 0 aromatic carbocycles. The molecule has 0 unspecified atom stereocenters. The molecule has 1 saturated heterocycles. The third kappa shape index (κ3) is 6.06. The summed E-state index contributed by atoms with van der Waals surface area (Å²) in [6, 6.07) is -2.19. The van der Waals surface area contributed by atoms with Crippen LogP contribution in [-0.4, -0.2) is 80.0 Å². The zero-order chi connectivity index (χ0) is 30.5. The average molecular weight is 612 g/mol. The van der Waals surface area contributed by atoms with Gasteiger partial charge in [-0.2, -0.15) is 18.3 Å². The van der Waals surface area contributed by atoms with Crippen molar-refractivity contribution in [3.8, 4) is 0 Å². The lowest BCUT2D eigenvalue weighted by Gasteiger charge is -2.32. The number of halogens is 5. The summed E-state index contributed by atoms with van der Waals surface area (Å²) in [7, 11) is 1.37. The highest BCUT2D eigenvalue weighted by Crippen LogP contribution is 2.45. The lowest BCUT2D eigenvalue weighted by Crippen LogP contribution is -2.40. The number of imidazole rings is 1. The monoisotopic (exact) mass is 611 g/mol. The third-order valence-electron chi connectivity index (χ3n) is 8.64. The Labute approximate surface area is 242 Å². The van der Waals surface area contributed by atoms with Crippen LogP contribution in [0.3, 0.4) is 0 Å². The fourth-order valence-corrected chi connectivity index (χ4v) is 6.09. The molecular formula is C27H30F5N7O4. The fraction of sp³-hybridized carbons (Fsp3) is 0.630. The summed E-state index contributed by atoms with van der Waals surface area (Å²) >= 11 is 0. The van der Waals surface area contributed by atoms with Crippen LogP contribution in [0.5, 0.6) is 0 Å². The van der Waals surface area contributed by atoms with Crippen LogP contribution in [-0.2, 0) is 4.74 Å². The maximum atomic E-state index is 14.0. The zero-order valence-electron chi connectivity index (χ0n) is 23.2. The molecule has 6 rings (SSSR count). The molecule has 3 aromatic rings. The standard InChI is InChI=1S/C27H30F5N7O4/c1-42-13-19(38-12-21(27(30,31)32)35-25(38)41)16-8-22-34-18(11-39(22)33-10-16)17(14-4-6-26(28,29)7-5-14)9-20(40)24-23(15-2-3-15)36-43-37-24/h8,10-11,14-15,17,19,21H,2-7,9,12-13H2,1H3,(H,35,41)/t17-,19+,21-/m0/s1. The van der Waals surface area contributed by atoms with E-state index in [9.17, 15) is 31.5 Å². The van der Waals surface area contributed by atoms with Crippen molar-refractivity contribution in [2.45, 2.75) is 81.0 Å². The minimum absolute atomic E-state index is 0.0417. The van der Waals surface area contributed by atoms with Gasteiger partial charge in [-0.3, -0.25) is 4.79 Å². The molecule has 11 nitrogen and oxygen atoms in total. The van der Waals surface area contributed by atoms with Gasteiger partial charge in [-0.15, -0.1) is 0 Å². The van der Waals surface area contributed by atoms with Gasteiger partial charge in [0.2, 0.25) is 5.92 Å². The zero-order valence-corrected chi connectivity index (χ0v) is 23.2. The second-order valence-electron chi connectivity index (χ2n) is 11.6. The van der Waals surface area contributed by atoms with E-state index in [0.717, 1.165) is 17.7 Å². The van der Waals surface area contributed by atoms with Gasteiger partial charge in [0, 0.05) is 43.8 Å². The number of ether oxygens (including phenoxy) is 1. The lowest BCUT2D eigenvalue weighted by atomic mass is 9.75. The van der Waals surface area contributed by atoms with Crippen molar-refractivity contribution in [2.24, 2.45) is 5.92 Å². The molecular weight excluding hydrogens is 581 g/mol. The van der Waals surface area contributed by atoms with E-state index < -0.39 is 42.7 Å². The van der Waals surface area contributed by atoms with E-state index in [-0.39, 0.29) is 62.0 Å². The van der Waals surface area contributed by atoms with Crippen LogP contribution in [0.1, 0.15) is 90.3 Å². The molecule has 2 aliphatic carbocycles. The largest absolute Gasteiger partial charge is 0.410 e. The number of fused-ring (bicyclic) bond motifs is 1. The summed E-state index contributed by atoms with van der Waals surface area (Å²) in [5.74, 6) is -3.73. The van der Waals surface area contributed by atoms with E-state index >= 15 is 0 Å². The maximum absolute atomic E-state index is 14.0. The summed E-state index contributed by atoms with van der Waals surface area (Å²) in [6.45, 7) is -0.691. The van der Waals surface area contributed by atoms with Crippen LogP contribution < -0.4 is 5.32 Å². The number of Topliss-reactive ketones (excluding diaryl/α,β-unsaturated/α-hetero) is 1. The number of aromatic nitrogens is 5. The van der Waals surface area contributed by atoms with Crippen molar-refractivity contribution >= 4 is 17.5 Å². The highest BCUT2D eigenvalue weighted by molar-refractivity contribution is 5.95. The smallest absolute Gasteiger partial charge is 0.382 e. The van der Waals surface area contributed by atoms with Gasteiger partial charge in [-0.05, 0) is 42.8 Å². The predicted molar refractivity (Wildman–Crippen MR) is 138 cm³/mol. The van der Waals surface area contributed by atoms with E-state index in [0.29, 0.717) is 22.6 Å². The lowest BCUT2D eigenvalue weighted by molar-refractivity contribution is -0.150. The average Bonchev–Trinajstić information content (AvgIpc) is 3.33. The summed E-state index contributed by atoms with van der Waals surface area (Å²) in [5, 5.41) is 14.1. The van der Waals surface area contributed by atoms with Crippen LogP contribution in [0.2, 0.25) is 0 Å². The van der Waals surface area contributed by atoms with Crippen LogP contribution in [0.25, 0.3) is 5.65 Å². The Hall–Kier alpha value is -3.69. The van der Waals surface area contributed by atoms with Crippen molar-refractivity contribution in [1.82, 2.24) is 35.1 Å². The van der Waals surface area contributed by atoms with Crippen LogP contribution in [0.4, 0.5) is 26.7 Å². The van der Waals surface area contributed by atoms with Crippen LogP contribution in [0.15, 0.2) is 23.1 Å². The van der Waals surface area contributed by atoms with Crippen molar-refractivity contribution < 1.29 is 40.9 Å². The van der Waals surface area contributed by atoms with Crippen molar-refractivity contribution in [3.63, 3.8) is 0 Å². The Kier molecular flexibility index (Phi) is 7.59. The number of rotatable bonds is 10. The van der Waals surface area contributed by atoms with Crippen molar-refractivity contribution in [1.29, 1.82) is 0 Å². The van der Waals surface area contributed by atoms with E-state index in [2.05, 4.69) is 15.4 Å². The third-order valence-corrected chi connectivity index (χ3v) is 8.64. The molecule has 3 aromatic heterocycles. The van der Waals surface area contributed by atoms with Crippen LogP contribution in [0, 0.1) is 5.92 Å². The van der Waals surface area contributed by atoms with Gasteiger partial charge in [0.25, 0.3) is 0 Å². The second-order valence-corrected chi connectivity index (χ2v) is 11.6. The second kappa shape index (κ2) is 11.1. The van der Waals surface area contributed by atoms with Gasteiger partial charge < -0.3 is 15.0 Å². The normalized spacial score (nSPS) is 22.6. The maximum Gasteiger partial charge on any atom is 0.410 e. The number of alkyl halides is 5. The van der Waals surface area contributed by atoms with Gasteiger partial charge in [0.1, 0.15) is 11.7 Å². The molecule has 2 amide bonds.